The Hall–Kier alpha value is -0.740. The zero-order chi connectivity index (χ0) is 11.1. The van der Waals surface area contributed by atoms with Crippen LogP contribution in [-0.4, -0.2) is 28.2 Å². The molecule has 84 valence electrons. The maximum atomic E-state index is 9.76. The van der Waals surface area contributed by atoms with Gasteiger partial charge >= 0.3 is 0 Å². The van der Waals surface area contributed by atoms with Gasteiger partial charge < -0.3 is 10.8 Å². The lowest BCUT2D eigenvalue weighted by Gasteiger charge is -2.11. The molecule has 1 heterocycles. The minimum absolute atomic E-state index is 0.302. The van der Waals surface area contributed by atoms with E-state index in [2.05, 4.69) is 11.2 Å². The molecule has 0 aliphatic rings. The van der Waals surface area contributed by atoms with Crippen LogP contribution in [0.3, 0.4) is 0 Å². The van der Waals surface area contributed by atoms with E-state index in [0.717, 1.165) is 24.2 Å². The lowest BCUT2D eigenvalue weighted by Crippen LogP contribution is -2.12. The molecule has 1 aromatic heterocycles. The molecule has 1 unspecified atom stereocenters. The van der Waals surface area contributed by atoms with E-state index < -0.39 is 0 Å². The van der Waals surface area contributed by atoms with Crippen molar-refractivity contribution < 1.29 is 5.11 Å². The van der Waals surface area contributed by atoms with Crippen molar-refractivity contribution in [3.63, 3.8) is 0 Å². The Morgan fingerprint density at radius 1 is 1.60 bits per heavy atom. The van der Waals surface area contributed by atoms with Gasteiger partial charge in [0, 0.05) is 12.6 Å². The van der Waals surface area contributed by atoms with Crippen molar-refractivity contribution in [2.75, 3.05) is 17.7 Å². The van der Waals surface area contributed by atoms with E-state index in [0.29, 0.717) is 12.2 Å². The fourth-order valence-electron chi connectivity index (χ4n) is 1.44. The Labute approximate surface area is 95.1 Å². The number of anilines is 1. The van der Waals surface area contributed by atoms with Crippen LogP contribution < -0.4 is 5.73 Å². The van der Waals surface area contributed by atoms with Crippen molar-refractivity contribution >= 4 is 17.6 Å². The molecule has 0 radical (unpaired) electrons. The fourth-order valence-corrected chi connectivity index (χ4v) is 1.90. The van der Waals surface area contributed by atoms with Gasteiger partial charge in [0.25, 0.3) is 0 Å². The zero-order valence-corrected chi connectivity index (χ0v) is 9.83. The van der Waals surface area contributed by atoms with Gasteiger partial charge in [-0.3, -0.25) is 0 Å². The van der Waals surface area contributed by atoms with Crippen molar-refractivity contribution in [2.45, 2.75) is 25.4 Å². The number of nitrogen functional groups attached to an aromatic ring is 1. The molecule has 0 bridgehead atoms. The molecule has 0 saturated heterocycles. The van der Waals surface area contributed by atoms with Gasteiger partial charge in [-0.2, -0.15) is 11.8 Å². The molecular weight excluding hydrogens is 208 g/mol. The first-order valence-corrected chi connectivity index (χ1v) is 6.49. The first-order valence-electron chi connectivity index (χ1n) is 5.10. The third-order valence-corrected chi connectivity index (χ3v) is 2.96. The Balaban J connectivity index is 2.37. The number of aliphatic hydroxyl groups is 1. The summed E-state index contributed by atoms with van der Waals surface area (Å²) in [4.78, 5) is 3.99. The van der Waals surface area contributed by atoms with E-state index in [4.69, 9.17) is 5.73 Å². The van der Waals surface area contributed by atoms with Gasteiger partial charge in [-0.25, -0.2) is 4.98 Å². The molecule has 3 nitrogen and oxygen atoms in total. The third kappa shape index (κ3) is 4.53. The molecule has 1 aromatic rings. The molecular formula is C11H18N2OS. The van der Waals surface area contributed by atoms with Crippen molar-refractivity contribution in [2.24, 2.45) is 0 Å². The SMILES string of the molecule is CSCCCC(O)Cc1cccnc1N. The molecule has 4 heteroatoms. The second kappa shape index (κ2) is 6.69. The summed E-state index contributed by atoms with van der Waals surface area (Å²) in [6.45, 7) is 0. The Bertz CT molecular complexity index is 294. The molecule has 0 saturated carbocycles. The predicted octanol–water partition coefficient (Wildman–Crippen LogP) is 1.71. The summed E-state index contributed by atoms with van der Waals surface area (Å²) < 4.78 is 0. The van der Waals surface area contributed by atoms with Crippen LogP contribution in [0.15, 0.2) is 18.3 Å². The normalized spacial score (nSPS) is 12.7. The van der Waals surface area contributed by atoms with Gasteiger partial charge in [0.2, 0.25) is 0 Å². The first kappa shape index (κ1) is 12.3. The highest BCUT2D eigenvalue weighted by atomic mass is 32.2. The van der Waals surface area contributed by atoms with Gasteiger partial charge in [-0.1, -0.05) is 6.07 Å². The van der Waals surface area contributed by atoms with Gasteiger partial charge in [-0.15, -0.1) is 0 Å². The second-order valence-corrected chi connectivity index (χ2v) is 4.53. The maximum absolute atomic E-state index is 9.76. The number of hydrogen-bond acceptors (Lipinski definition) is 4. The van der Waals surface area contributed by atoms with Crippen LogP contribution in [0, 0.1) is 0 Å². The quantitative estimate of drug-likeness (QED) is 0.725. The van der Waals surface area contributed by atoms with E-state index in [1.165, 1.54) is 0 Å². The average molecular weight is 226 g/mol. The molecule has 0 aliphatic heterocycles. The summed E-state index contributed by atoms with van der Waals surface area (Å²) in [5.74, 6) is 1.63. The van der Waals surface area contributed by atoms with Gasteiger partial charge in [0.1, 0.15) is 5.82 Å². The molecule has 0 aliphatic carbocycles. The third-order valence-electron chi connectivity index (χ3n) is 2.27. The number of pyridine rings is 1. The van der Waals surface area contributed by atoms with Crippen LogP contribution >= 0.6 is 11.8 Å². The summed E-state index contributed by atoms with van der Waals surface area (Å²) in [5, 5.41) is 9.76. The number of rotatable bonds is 6. The lowest BCUT2D eigenvalue weighted by molar-refractivity contribution is 0.164. The zero-order valence-electron chi connectivity index (χ0n) is 9.02. The molecule has 3 N–H and O–H groups in total. The minimum Gasteiger partial charge on any atom is -0.393 e. The summed E-state index contributed by atoms with van der Waals surface area (Å²) in [6, 6.07) is 3.76. The van der Waals surface area contributed by atoms with E-state index >= 15 is 0 Å². The monoisotopic (exact) mass is 226 g/mol. The number of aromatic nitrogens is 1. The molecule has 0 fully saturated rings. The predicted molar refractivity (Wildman–Crippen MR) is 66.0 cm³/mol. The topological polar surface area (TPSA) is 59.1 Å². The van der Waals surface area contributed by atoms with Crippen molar-refractivity contribution in [1.29, 1.82) is 0 Å². The number of aliphatic hydroxyl groups excluding tert-OH is 1. The highest BCUT2D eigenvalue weighted by Gasteiger charge is 2.07. The van der Waals surface area contributed by atoms with E-state index in [-0.39, 0.29) is 6.10 Å². The summed E-state index contributed by atoms with van der Waals surface area (Å²) in [6.07, 6.45) is 5.92. The molecule has 1 rings (SSSR count). The summed E-state index contributed by atoms with van der Waals surface area (Å²) >= 11 is 1.80. The van der Waals surface area contributed by atoms with E-state index in [1.807, 2.05) is 12.1 Å². The Kier molecular flexibility index (Phi) is 5.50. The first-order chi connectivity index (χ1) is 7.24. The summed E-state index contributed by atoms with van der Waals surface area (Å²) in [7, 11) is 0. The Morgan fingerprint density at radius 2 is 2.40 bits per heavy atom. The van der Waals surface area contributed by atoms with Crippen LogP contribution in [0.25, 0.3) is 0 Å². The molecule has 0 amide bonds. The summed E-state index contributed by atoms with van der Waals surface area (Å²) in [5.41, 5.74) is 6.64. The second-order valence-electron chi connectivity index (χ2n) is 3.54. The van der Waals surface area contributed by atoms with Crippen LogP contribution in [0.4, 0.5) is 5.82 Å². The van der Waals surface area contributed by atoms with Crippen LogP contribution in [0.1, 0.15) is 18.4 Å². The van der Waals surface area contributed by atoms with Crippen LogP contribution in [-0.2, 0) is 6.42 Å². The fraction of sp³-hybridized carbons (Fsp3) is 0.545. The number of nitrogens with zero attached hydrogens (tertiary/aromatic N) is 1. The van der Waals surface area contributed by atoms with Gasteiger partial charge in [0.05, 0.1) is 6.10 Å². The van der Waals surface area contributed by atoms with Gasteiger partial charge in [-0.05, 0) is 36.5 Å². The molecule has 0 aromatic carbocycles. The van der Waals surface area contributed by atoms with Crippen molar-refractivity contribution in [3.8, 4) is 0 Å². The standard InChI is InChI=1S/C11H18N2OS/c1-15-7-3-5-10(14)8-9-4-2-6-13-11(9)12/h2,4,6,10,14H,3,5,7-8H2,1H3,(H2,12,13). The number of nitrogens with two attached hydrogens (primary N) is 1. The maximum Gasteiger partial charge on any atom is 0.126 e. The molecule has 1 atom stereocenters. The van der Waals surface area contributed by atoms with Crippen molar-refractivity contribution in [3.05, 3.63) is 23.9 Å². The van der Waals surface area contributed by atoms with E-state index in [1.54, 1.807) is 18.0 Å². The smallest absolute Gasteiger partial charge is 0.126 e. The number of hydrogen-bond donors (Lipinski definition) is 2. The van der Waals surface area contributed by atoms with E-state index in [9.17, 15) is 5.11 Å². The average Bonchev–Trinajstić information content (AvgIpc) is 2.22. The minimum atomic E-state index is -0.302. The Morgan fingerprint density at radius 3 is 3.07 bits per heavy atom. The molecule has 0 spiro atoms. The van der Waals surface area contributed by atoms with Crippen molar-refractivity contribution in [1.82, 2.24) is 4.98 Å². The van der Waals surface area contributed by atoms with Crippen LogP contribution in [0.2, 0.25) is 0 Å². The van der Waals surface area contributed by atoms with Gasteiger partial charge in [0.15, 0.2) is 0 Å². The van der Waals surface area contributed by atoms with Crippen LogP contribution in [0.5, 0.6) is 0 Å². The lowest BCUT2D eigenvalue weighted by atomic mass is 10.1. The highest BCUT2D eigenvalue weighted by molar-refractivity contribution is 7.98. The largest absolute Gasteiger partial charge is 0.393 e. The highest BCUT2D eigenvalue weighted by Crippen LogP contribution is 2.13. The number of thioether (sulfide) groups is 1. The molecule has 15 heavy (non-hydrogen) atoms.